The van der Waals surface area contributed by atoms with E-state index in [9.17, 15) is 4.79 Å². The first-order valence-corrected chi connectivity index (χ1v) is 7.68. The molecule has 0 atom stereocenters. The van der Waals surface area contributed by atoms with Gasteiger partial charge >= 0.3 is 6.09 Å². The molecular formula is C15H30N2O2. The lowest BCUT2D eigenvalue weighted by Gasteiger charge is -2.27. The molecule has 1 rings (SSSR count). The van der Waals surface area contributed by atoms with Crippen molar-refractivity contribution in [3.63, 3.8) is 0 Å². The van der Waals surface area contributed by atoms with Gasteiger partial charge in [0.2, 0.25) is 0 Å². The Kier molecular flexibility index (Phi) is 7.21. The molecule has 0 aromatic rings. The number of hydrogen-bond donors (Lipinski definition) is 1. The Morgan fingerprint density at radius 2 is 1.47 bits per heavy atom. The second-order valence-corrected chi connectivity index (χ2v) is 6.34. The lowest BCUT2D eigenvalue weighted by atomic mass is 10.1. The van der Waals surface area contributed by atoms with Crippen molar-refractivity contribution < 1.29 is 9.53 Å². The van der Waals surface area contributed by atoms with E-state index in [1.54, 1.807) is 0 Å². The molecule has 0 spiro atoms. The van der Waals surface area contributed by atoms with Gasteiger partial charge in [0.25, 0.3) is 0 Å². The lowest BCUT2D eigenvalue weighted by molar-refractivity contribution is 0.0243. The lowest BCUT2D eigenvalue weighted by Crippen LogP contribution is -2.38. The molecule has 0 saturated carbocycles. The number of amides is 1. The minimum absolute atomic E-state index is 0.155. The molecule has 1 amide bonds. The molecule has 0 radical (unpaired) electrons. The van der Waals surface area contributed by atoms with E-state index >= 15 is 0 Å². The van der Waals surface area contributed by atoms with Crippen molar-refractivity contribution in [2.24, 2.45) is 0 Å². The number of ether oxygens (including phenoxy) is 1. The zero-order valence-corrected chi connectivity index (χ0v) is 12.8. The number of nitrogens with one attached hydrogen (secondary N) is 1. The second kappa shape index (κ2) is 8.41. The van der Waals surface area contributed by atoms with Crippen molar-refractivity contribution in [1.29, 1.82) is 0 Å². The van der Waals surface area contributed by atoms with Gasteiger partial charge in [-0.25, -0.2) is 4.79 Å². The molecule has 0 aromatic heterocycles. The summed E-state index contributed by atoms with van der Waals surface area (Å²) in [5.41, 5.74) is -0.400. The summed E-state index contributed by atoms with van der Waals surface area (Å²) in [5.74, 6) is 0. The van der Waals surface area contributed by atoms with Gasteiger partial charge in [-0.05, 0) is 59.5 Å². The maximum atomic E-state index is 12.1. The van der Waals surface area contributed by atoms with Gasteiger partial charge in [-0.2, -0.15) is 0 Å². The van der Waals surface area contributed by atoms with Gasteiger partial charge in [0.15, 0.2) is 0 Å². The average Bonchev–Trinajstić information content (AvgIpc) is 2.27. The van der Waals surface area contributed by atoms with Crippen LogP contribution in [-0.2, 0) is 4.74 Å². The molecular weight excluding hydrogens is 240 g/mol. The van der Waals surface area contributed by atoms with E-state index in [2.05, 4.69) is 5.32 Å². The normalized spacial score (nSPS) is 20.3. The summed E-state index contributed by atoms with van der Waals surface area (Å²) in [4.78, 5) is 14.0. The number of rotatable bonds is 0. The highest BCUT2D eigenvalue weighted by atomic mass is 16.6. The molecule has 1 saturated heterocycles. The predicted molar refractivity (Wildman–Crippen MR) is 78.4 cm³/mol. The Bertz CT molecular complexity index is 249. The van der Waals surface area contributed by atoms with Crippen LogP contribution >= 0.6 is 0 Å². The molecule has 1 aliphatic rings. The molecule has 0 bridgehead atoms. The van der Waals surface area contributed by atoms with Crippen molar-refractivity contribution in [2.75, 3.05) is 26.2 Å². The van der Waals surface area contributed by atoms with E-state index in [1.807, 2.05) is 25.7 Å². The highest BCUT2D eigenvalue weighted by Crippen LogP contribution is 2.12. The van der Waals surface area contributed by atoms with Crippen molar-refractivity contribution in [1.82, 2.24) is 10.2 Å². The fourth-order valence-corrected chi connectivity index (χ4v) is 2.20. The van der Waals surface area contributed by atoms with Crippen LogP contribution in [0.2, 0.25) is 0 Å². The molecule has 1 N–H and O–H groups in total. The topological polar surface area (TPSA) is 41.6 Å². The quantitative estimate of drug-likeness (QED) is 0.735. The first kappa shape index (κ1) is 16.3. The van der Waals surface area contributed by atoms with Crippen LogP contribution in [-0.4, -0.2) is 42.8 Å². The zero-order valence-electron chi connectivity index (χ0n) is 12.8. The van der Waals surface area contributed by atoms with E-state index in [1.165, 1.54) is 19.3 Å². The summed E-state index contributed by atoms with van der Waals surface area (Å²) in [6.45, 7) is 9.61. The van der Waals surface area contributed by atoms with Crippen LogP contribution in [0.3, 0.4) is 0 Å². The maximum absolute atomic E-state index is 12.1. The Hall–Kier alpha value is -0.770. The SMILES string of the molecule is CC(C)(C)OC(=O)N1CCCCCCNCCCC1. The minimum atomic E-state index is -0.400. The maximum Gasteiger partial charge on any atom is 0.410 e. The van der Waals surface area contributed by atoms with Crippen LogP contribution in [0.4, 0.5) is 4.79 Å². The Morgan fingerprint density at radius 3 is 2.11 bits per heavy atom. The fourth-order valence-electron chi connectivity index (χ4n) is 2.20. The second-order valence-electron chi connectivity index (χ2n) is 6.34. The summed E-state index contributed by atoms with van der Waals surface area (Å²) in [5, 5.41) is 3.45. The summed E-state index contributed by atoms with van der Waals surface area (Å²) < 4.78 is 5.47. The molecule has 0 aliphatic carbocycles. The fraction of sp³-hybridized carbons (Fsp3) is 0.933. The van der Waals surface area contributed by atoms with Gasteiger partial charge in [0.1, 0.15) is 5.60 Å². The minimum Gasteiger partial charge on any atom is -0.444 e. The van der Waals surface area contributed by atoms with E-state index in [0.717, 1.165) is 45.4 Å². The Balaban J connectivity index is 2.44. The van der Waals surface area contributed by atoms with Crippen LogP contribution in [0.1, 0.15) is 59.3 Å². The van der Waals surface area contributed by atoms with Crippen molar-refractivity contribution in [3.8, 4) is 0 Å². The third-order valence-corrected chi connectivity index (χ3v) is 3.21. The molecule has 4 heteroatoms. The molecule has 112 valence electrons. The highest BCUT2D eigenvalue weighted by Gasteiger charge is 2.21. The third kappa shape index (κ3) is 8.09. The third-order valence-electron chi connectivity index (χ3n) is 3.21. The van der Waals surface area contributed by atoms with Gasteiger partial charge in [-0.15, -0.1) is 0 Å². The Labute approximate surface area is 117 Å². The van der Waals surface area contributed by atoms with E-state index in [0.29, 0.717) is 0 Å². The molecule has 1 fully saturated rings. The molecule has 4 nitrogen and oxygen atoms in total. The van der Waals surface area contributed by atoms with E-state index in [4.69, 9.17) is 4.74 Å². The van der Waals surface area contributed by atoms with Crippen molar-refractivity contribution >= 4 is 6.09 Å². The molecule has 1 aliphatic heterocycles. The molecule has 0 unspecified atom stereocenters. The summed E-state index contributed by atoms with van der Waals surface area (Å²) in [7, 11) is 0. The summed E-state index contributed by atoms with van der Waals surface area (Å²) in [6, 6.07) is 0. The van der Waals surface area contributed by atoms with E-state index in [-0.39, 0.29) is 6.09 Å². The number of carbonyl (C=O) groups excluding carboxylic acids is 1. The van der Waals surface area contributed by atoms with Crippen molar-refractivity contribution in [3.05, 3.63) is 0 Å². The average molecular weight is 270 g/mol. The van der Waals surface area contributed by atoms with Gasteiger partial charge in [0, 0.05) is 13.1 Å². The van der Waals surface area contributed by atoms with Crippen LogP contribution in [0.5, 0.6) is 0 Å². The first-order chi connectivity index (χ1) is 8.99. The predicted octanol–water partition coefficient (Wildman–Crippen LogP) is 3.17. The summed E-state index contributed by atoms with van der Waals surface area (Å²) >= 11 is 0. The Morgan fingerprint density at radius 1 is 0.947 bits per heavy atom. The van der Waals surface area contributed by atoms with Crippen LogP contribution in [0.15, 0.2) is 0 Å². The van der Waals surface area contributed by atoms with Crippen LogP contribution < -0.4 is 5.32 Å². The highest BCUT2D eigenvalue weighted by molar-refractivity contribution is 5.68. The van der Waals surface area contributed by atoms with Gasteiger partial charge in [0.05, 0.1) is 0 Å². The van der Waals surface area contributed by atoms with E-state index < -0.39 is 5.60 Å². The van der Waals surface area contributed by atoms with Crippen LogP contribution in [0.25, 0.3) is 0 Å². The monoisotopic (exact) mass is 270 g/mol. The van der Waals surface area contributed by atoms with Crippen LogP contribution in [0, 0.1) is 0 Å². The first-order valence-electron chi connectivity index (χ1n) is 7.68. The summed E-state index contributed by atoms with van der Waals surface area (Å²) in [6.07, 6.45) is 6.78. The standard InChI is InChI=1S/C15H30N2O2/c1-15(2,3)19-14(18)17-12-8-5-4-6-10-16-11-7-9-13-17/h16H,4-13H2,1-3H3. The van der Waals surface area contributed by atoms with Crippen molar-refractivity contribution in [2.45, 2.75) is 64.9 Å². The van der Waals surface area contributed by atoms with Gasteiger partial charge < -0.3 is 15.0 Å². The number of carbonyl (C=O) groups is 1. The smallest absolute Gasteiger partial charge is 0.410 e. The zero-order chi connectivity index (χ0) is 14.1. The number of nitrogens with zero attached hydrogens (tertiary/aromatic N) is 1. The molecule has 19 heavy (non-hydrogen) atoms. The molecule has 1 heterocycles. The van der Waals surface area contributed by atoms with Gasteiger partial charge in [-0.1, -0.05) is 12.8 Å². The van der Waals surface area contributed by atoms with Gasteiger partial charge in [-0.3, -0.25) is 0 Å². The molecule has 0 aromatic carbocycles. The largest absolute Gasteiger partial charge is 0.444 e. The number of hydrogen-bond acceptors (Lipinski definition) is 3.